The molecule has 0 fully saturated rings. The van der Waals surface area contributed by atoms with Crippen LogP contribution in [-0.2, 0) is 16.0 Å². The second kappa shape index (κ2) is 9.54. The van der Waals surface area contributed by atoms with E-state index in [9.17, 15) is 9.59 Å². The molecule has 0 unspecified atom stereocenters. The van der Waals surface area contributed by atoms with Gasteiger partial charge in [-0.15, -0.1) is 0 Å². The Hall–Kier alpha value is -1.35. The summed E-state index contributed by atoms with van der Waals surface area (Å²) in [4.78, 5) is 21.2. The first-order valence-electron chi connectivity index (χ1n) is 7.10. The molecule has 0 radical (unpaired) electrons. The van der Waals surface area contributed by atoms with Crippen molar-refractivity contribution in [3.8, 4) is 0 Å². The van der Waals surface area contributed by atoms with Crippen molar-refractivity contribution in [2.45, 2.75) is 51.4 Å². The molecule has 3 nitrogen and oxygen atoms in total. The van der Waals surface area contributed by atoms with Gasteiger partial charge >= 0.3 is 5.97 Å². The number of hydrogen-bond acceptors (Lipinski definition) is 2. The van der Waals surface area contributed by atoms with E-state index in [2.05, 4.69) is 12.1 Å². The van der Waals surface area contributed by atoms with Crippen LogP contribution in [0, 0.1) is 0 Å². The van der Waals surface area contributed by atoms with Crippen LogP contribution in [0.5, 0.6) is 0 Å². The van der Waals surface area contributed by atoms with E-state index in [1.807, 2.05) is 12.1 Å². The number of rotatable bonds is 10. The highest BCUT2D eigenvalue weighted by molar-refractivity contribution is 6.32. The Morgan fingerprint density at radius 2 is 1.45 bits per heavy atom. The fourth-order valence-corrected chi connectivity index (χ4v) is 2.21. The summed E-state index contributed by atoms with van der Waals surface area (Å²) in [5.41, 5.74) is 1.31. The van der Waals surface area contributed by atoms with Crippen LogP contribution in [0.1, 0.15) is 50.5 Å². The first kappa shape index (κ1) is 16.7. The van der Waals surface area contributed by atoms with Gasteiger partial charge in [-0.2, -0.15) is 0 Å². The topological polar surface area (TPSA) is 54.4 Å². The molecule has 0 atom stereocenters. The van der Waals surface area contributed by atoms with Gasteiger partial charge in [0.05, 0.1) is 0 Å². The molecular formula is C16H21ClO3. The maximum Gasteiger partial charge on any atom is 0.372 e. The van der Waals surface area contributed by atoms with Crippen LogP contribution in [0.4, 0.5) is 0 Å². The van der Waals surface area contributed by atoms with Crippen LogP contribution in [0.25, 0.3) is 0 Å². The number of halogens is 1. The smallest absolute Gasteiger partial charge is 0.372 e. The lowest BCUT2D eigenvalue weighted by atomic mass is 10.0. The number of benzene rings is 1. The summed E-state index contributed by atoms with van der Waals surface area (Å²) >= 11 is 5.82. The minimum atomic E-state index is -1.31. The average Bonchev–Trinajstić information content (AvgIpc) is 2.43. The zero-order valence-corrected chi connectivity index (χ0v) is 12.4. The van der Waals surface area contributed by atoms with Crippen molar-refractivity contribution in [3.63, 3.8) is 0 Å². The summed E-state index contributed by atoms with van der Waals surface area (Å²) in [6.07, 6.45) is 7.35. The number of carbonyl (C=O) groups is 2. The zero-order valence-electron chi connectivity index (χ0n) is 11.6. The predicted octanol–water partition coefficient (Wildman–Crippen LogP) is 4.27. The third-order valence-corrected chi connectivity index (χ3v) is 3.52. The van der Waals surface area contributed by atoms with Gasteiger partial charge in [0.15, 0.2) is 0 Å². The number of hydrogen-bond donors (Lipinski definition) is 1. The Morgan fingerprint density at radius 3 is 2.05 bits per heavy atom. The van der Waals surface area contributed by atoms with Crippen LogP contribution in [0.3, 0.4) is 0 Å². The SMILES string of the molecule is O=C(O)C(=O)CCCCCCCCc1ccc(Cl)cc1. The Kier molecular flexibility index (Phi) is 7.97. The number of carboxylic acid groups (broad SMARTS) is 1. The van der Waals surface area contributed by atoms with Gasteiger partial charge in [-0.1, -0.05) is 49.4 Å². The van der Waals surface area contributed by atoms with E-state index in [-0.39, 0.29) is 6.42 Å². The van der Waals surface area contributed by atoms with E-state index < -0.39 is 11.8 Å². The minimum Gasteiger partial charge on any atom is -0.476 e. The molecule has 0 saturated carbocycles. The monoisotopic (exact) mass is 296 g/mol. The van der Waals surface area contributed by atoms with Gasteiger partial charge in [-0.25, -0.2) is 4.79 Å². The van der Waals surface area contributed by atoms with E-state index in [4.69, 9.17) is 16.7 Å². The van der Waals surface area contributed by atoms with Gasteiger partial charge in [0, 0.05) is 11.4 Å². The van der Waals surface area contributed by atoms with Gasteiger partial charge in [-0.3, -0.25) is 4.79 Å². The molecule has 1 aromatic carbocycles. The summed E-state index contributed by atoms with van der Waals surface area (Å²) in [6.45, 7) is 0. The number of Topliss-reactive ketones (excluding diaryl/α,β-unsaturated/α-hetero) is 1. The Labute approximate surface area is 125 Å². The van der Waals surface area contributed by atoms with Crippen LogP contribution in [0.15, 0.2) is 24.3 Å². The molecule has 1 N–H and O–H groups in total. The normalized spacial score (nSPS) is 10.4. The fourth-order valence-electron chi connectivity index (χ4n) is 2.08. The van der Waals surface area contributed by atoms with Crippen LogP contribution < -0.4 is 0 Å². The lowest BCUT2D eigenvalue weighted by molar-refractivity contribution is -0.149. The second-order valence-electron chi connectivity index (χ2n) is 4.98. The average molecular weight is 297 g/mol. The third-order valence-electron chi connectivity index (χ3n) is 3.27. The van der Waals surface area contributed by atoms with E-state index in [1.54, 1.807) is 0 Å². The number of ketones is 1. The standard InChI is InChI=1S/C16H21ClO3/c17-14-11-9-13(10-12-14)7-5-3-1-2-4-6-8-15(18)16(19)20/h9-12H,1-8H2,(H,19,20). The molecule has 1 aromatic rings. The molecule has 110 valence electrons. The molecular weight excluding hydrogens is 276 g/mol. The molecule has 0 aliphatic carbocycles. The van der Waals surface area contributed by atoms with Crippen molar-refractivity contribution >= 4 is 23.4 Å². The number of aliphatic carboxylic acids is 1. The third kappa shape index (κ3) is 7.29. The molecule has 1 rings (SSSR count). The van der Waals surface area contributed by atoms with Crippen molar-refractivity contribution < 1.29 is 14.7 Å². The molecule has 0 amide bonds. The molecule has 0 saturated heterocycles. The fraction of sp³-hybridized carbons (Fsp3) is 0.500. The first-order chi connectivity index (χ1) is 9.59. The van der Waals surface area contributed by atoms with Crippen molar-refractivity contribution in [3.05, 3.63) is 34.9 Å². The minimum absolute atomic E-state index is 0.167. The highest BCUT2D eigenvalue weighted by atomic mass is 35.5. The summed E-state index contributed by atoms with van der Waals surface area (Å²) in [6, 6.07) is 7.94. The van der Waals surface area contributed by atoms with Crippen molar-refractivity contribution in [2.24, 2.45) is 0 Å². The second-order valence-corrected chi connectivity index (χ2v) is 5.41. The van der Waals surface area contributed by atoms with Gasteiger partial charge in [-0.05, 0) is 37.0 Å². The van der Waals surface area contributed by atoms with E-state index in [0.29, 0.717) is 6.42 Å². The Balaban J connectivity index is 1.96. The van der Waals surface area contributed by atoms with Crippen LogP contribution in [0.2, 0.25) is 5.02 Å². The molecule has 20 heavy (non-hydrogen) atoms. The number of aryl methyl sites for hydroxylation is 1. The highest BCUT2D eigenvalue weighted by Gasteiger charge is 2.09. The van der Waals surface area contributed by atoms with E-state index in [0.717, 1.165) is 43.5 Å². The summed E-state index contributed by atoms with van der Waals surface area (Å²) in [5.74, 6) is -1.99. The maximum atomic E-state index is 10.8. The molecule has 0 spiro atoms. The van der Waals surface area contributed by atoms with E-state index in [1.165, 1.54) is 5.56 Å². The summed E-state index contributed by atoms with van der Waals surface area (Å²) in [5, 5.41) is 9.19. The Bertz CT molecular complexity index is 426. The quantitative estimate of drug-likeness (QED) is 0.518. The summed E-state index contributed by atoms with van der Waals surface area (Å²) < 4.78 is 0. The molecule has 0 aliphatic heterocycles. The number of unbranched alkanes of at least 4 members (excludes halogenated alkanes) is 5. The van der Waals surface area contributed by atoms with Crippen molar-refractivity contribution in [2.75, 3.05) is 0 Å². The molecule has 0 heterocycles. The highest BCUT2D eigenvalue weighted by Crippen LogP contribution is 2.13. The molecule has 4 heteroatoms. The van der Waals surface area contributed by atoms with Gasteiger partial charge in [0.1, 0.15) is 0 Å². The molecule has 0 aliphatic rings. The van der Waals surface area contributed by atoms with Crippen molar-refractivity contribution in [1.29, 1.82) is 0 Å². The lowest BCUT2D eigenvalue weighted by Gasteiger charge is -2.02. The number of carbonyl (C=O) groups excluding carboxylic acids is 1. The van der Waals surface area contributed by atoms with Gasteiger partial charge < -0.3 is 5.11 Å². The lowest BCUT2D eigenvalue weighted by Crippen LogP contribution is -2.11. The van der Waals surface area contributed by atoms with Gasteiger partial charge in [0.2, 0.25) is 5.78 Å². The zero-order chi connectivity index (χ0) is 14.8. The van der Waals surface area contributed by atoms with E-state index >= 15 is 0 Å². The largest absolute Gasteiger partial charge is 0.476 e. The number of carboxylic acids is 1. The predicted molar refractivity (Wildman–Crippen MR) is 80.1 cm³/mol. The van der Waals surface area contributed by atoms with Gasteiger partial charge in [0.25, 0.3) is 0 Å². The summed E-state index contributed by atoms with van der Waals surface area (Å²) in [7, 11) is 0. The maximum absolute atomic E-state index is 10.8. The van der Waals surface area contributed by atoms with Crippen LogP contribution in [-0.4, -0.2) is 16.9 Å². The van der Waals surface area contributed by atoms with Crippen molar-refractivity contribution in [1.82, 2.24) is 0 Å². The molecule has 0 bridgehead atoms. The molecule has 0 aromatic heterocycles. The Morgan fingerprint density at radius 1 is 0.900 bits per heavy atom. The van der Waals surface area contributed by atoms with Crippen LogP contribution >= 0.6 is 11.6 Å². The first-order valence-corrected chi connectivity index (χ1v) is 7.48.